The molecule has 0 bridgehead atoms. The van der Waals surface area contributed by atoms with E-state index in [9.17, 15) is 4.79 Å². The number of rotatable bonds is 6. The molecule has 0 radical (unpaired) electrons. The Labute approximate surface area is 183 Å². The van der Waals surface area contributed by atoms with Gasteiger partial charge in [0.1, 0.15) is 5.69 Å². The van der Waals surface area contributed by atoms with E-state index in [0.29, 0.717) is 26.3 Å². The number of aryl methyl sites for hydroxylation is 1. The molecule has 6 heteroatoms. The quantitative estimate of drug-likeness (QED) is 0.664. The van der Waals surface area contributed by atoms with Crippen LogP contribution in [0.2, 0.25) is 0 Å². The molecule has 0 saturated carbocycles. The number of anilines is 1. The van der Waals surface area contributed by atoms with Crippen molar-refractivity contribution in [3.8, 4) is 0 Å². The number of aromatic nitrogens is 2. The Bertz CT molecular complexity index is 1050. The van der Waals surface area contributed by atoms with Gasteiger partial charge in [-0.2, -0.15) is 0 Å². The normalized spacial score (nSPS) is 14.0. The summed E-state index contributed by atoms with van der Waals surface area (Å²) in [5, 5.41) is 3.09. The largest absolute Gasteiger partial charge is 0.378 e. The van der Waals surface area contributed by atoms with Crippen molar-refractivity contribution < 1.29 is 9.53 Å². The SMILES string of the molecule is Cc1cccc(Cn2c(C)c(N3CCOCC3)c(C)c2C(=O)NCc2cccnc2)c1. The van der Waals surface area contributed by atoms with Crippen LogP contribution in [0, 0.1) is 20.8 Å². The fourth-order valence-electron chi connectivity index (χ4n) is 4.39. The molecule has 1 N–H and O–H groups in total. The Balaban J connectivity index is 1.69. The molecule has 2 aromatic heterocycles. The van der Waals surface area contributed by atoms with E-state index < -0.39 is 0 Å². The number of morpholine rings is 1. The first kappa shape index (κ1) is 21.1. The van der Waals surface area contributed by atoms with Gasteiger partial charge >= 0.3 is 0 Å². The highest BCUT2D eigenvalue weighted by molar-refractivity contribution is 5.96. The molecule has 1 fully saturated rings. The van der Waals surface area contributed by atoms with Crippen LogP contribution in [0.15, 0.2) is 48.8 Å². The van der Waals surface area contributed by atoms with Crippen LogP contribution in [-0.4, -0.2) is 41.8 Å². The van der Waals surface area contributed by atoms with Crippen molar-refractivity contribution in [2.75, 3.05) is 31.2 Å². The van der Waals surface area contributed by atoms with Crippen LogP contribution in [-0.2, 0) is 17.8 Å². The second-order valence-electron chi connectivity index (χ2n) is 8.13. The van der Waals surface area contributed by atoms with Crippen LogP contribution in [0.5, 0.6) is 0 Å². The van der Waals surface area contributed by atoms with E-state index in [1.807, 2.05) is 12.1 Å². The van der Waals surface area contributed by atoms with Gasteiger partial charge in [0.05, 0.1) is 18.9 Å². The van der Waals surface area contributed by atoms with Gasteiger partial charge < -0.3 is 19.5 Å². The highest BCUT2D eigenvalue weighted by Crippen LogP contribution is 2.32. The molecular formula is C25H30N4O2. The number of ether oxygens (including phenoxy) is 1. The fraction of sp³-hybridized carbons (Fsp3) is 0.360. The molecule has 1 aromatic carbocycles. The minimum atomic E-state index is -0.0587. The highest BCUT2D eigenvalue weighted by Gasteiger charge is 2.26. The Morgan fingerprint density at radius 2 is 1.87 bits per heavy atom. The molecule has 0 aliphatic carbocycles. The van der Waals surface area contributed by atoms with Crippen LogP contribution < -0.4 is 10.2 Å². The van der Waals surface area contributed by atoms with Gasteiger partial charge in [-0.05, 0) is 38.0 Å². The van der Waals surface area contributed by atoms with Crippen molar-refractivity contribution in [3.05, 3.63) is 82.4 Å². The summed E-state index contributed by atoms with van der Waals surface area (Å²) in [7, 11) is 0. The zero-order valence-electron chi connectivity index (χ0n) is 18.5. The Morgan fingerprint density at radius 3 is 2.58 bits per heavy atom. The molecule has 0 atom stereocenters. The van der Waals surface area contributed by atoms with Gasteiger partial charge in [0, 0.05) is 49.8 Å². The number of pyridine rings is 1. The second-order valence-corrected chi connectivity index (χ2v) is 8.13. The fourth-order valence-corrected chi connectivity index (χ4v) is 4.39. The number of nitrogens with zero attached hydrogens (tertiary/aromatic N) is 3. The predicted octanol–water partition coefficient (Wildman–Crippen LogP) is 3.62. The standard InChI is InChI=1S/C25H30N4O2/c1-18-6-4-7-21(14-18)17-29-20(3)23(28-10-12-31-13-11-28)19(2)24(29)25(30)27-16-22-8-5-9-26-15-22/h4-9,14-15H,10-13,16-17H2,1-3H3,(H,27,30). The Kier molecular flexibility index (Phi) is 6.37. The maximum absolute atomic E-state index is 13.4. The Morgan fingerprint density at radius 1 is 1.10 bits per heavy atom. The van der Waals surface area contributed by atoms with Gasteiger partial charge in [-0.15, -0.1) is 0 Å². The van der Waals surface area contributed by atoms with Crippen LogP contribution in [0.1, 0.15) is 38.4 Å². The molecule has 31 heavy (non-hydrogen) atoms. The van der Waals surface area contributed by atoms with Crippen LogP contribution >= 0.6 is 0 Å². The molecule has 1 saturated heterocycles. The monoisotopic (exact) mass is 418 g/mol. The summed E-state index contributed by atoms with van der Waals surface area (Å²) in [6.45, 7) is 10.5. The number of hydrogen-bond donors (Lipinski definition) is 1. The Hall–Kier alpha value is -3.12. The first-order valence-electron chi connectivity index (χ1n) is 10.8. The van der Waals surface area contributed by atoms with Crippen molar-refractivity contribution in [2.45, 2.75) is 33.9 Å². The van der Waals surface area contributed by atoms with E-state index in [1.165, 1.54) is 11.1 Å². The van der Waals surface area contributed by atoms with Gasteiger partial charge in [0.15, 0.2) is 0 Å². The summed E-state index contributed by atoms with van der Waals surface area (Å²) in [4.78, 5) is 19.9. The molecule has 3 heterocycles. The number of carbonyl (C=O) groups excluding carboxylic acids is 1. The maximum Gasteiger partial charge on any atom is 0.268 e. The molecule has 3 aromatic rings. The maximum atomic E-state index is 13.4. The second kappa shape index (κ2) is 9.35. The van der Waals surface area contributed by atoms with E-state index >= 15 is 0 Å². The zero-order chi connectivity index (χ0) is 21.8. The van der Waals surface area contributed by atoms with Crippen molar-refractivity contribution in [1.29, 1.82) is 0 Å². The molecule has 1 amide bonds. The first-order chi connectivity index (χ1) is 15.0. The summed E-state index contributed by atoms with van der Waals surface area (Å²) >= 11 is 0. The van der Waals surface area contributed by atoms with Crippen molar-refractivity contribution in [3.63, 3.8) is 0 Å². The average molecular weight is 419 g/mol. The van der Waals surface area contributed by atoms with E-state index in [1.54, 1.807) is 12.4 Å². The molecule has 4 rings (SSSR count). The number of hydrogen-bond acceptors (Lipinski definition) is 4. The molecule has 1 aliphatic heterocycles. The van der Waals surface area contributed by atoms with Crippen molar-refractivity contribution in [2.24, 2.45) is 0 Å². The van der Waals surface area contributed by atoms with E-state index in [0.717, 1.165) is 41.3 Å². The summed E-state index contributed by atoms with van der Waals surface area (Å²) in [5.74, 6) is -0.0587. The molecular weight excluding hydrogens is 388 g/mol. The third-order valence-corrected chi connectivity index (χ3v) is 5.87. The molecule has 6 nitrogen and oxygen atoms in total. The number of benzene rings is 1. The van der Waals surface area contributed by atoms with Gasteiger partial charge in [-0.3, -0.25) is 9.78 Å². The third-order valence-electron chi connectivity index (χ3n) is 5.87. The predicted molar refractivity (Wildman–Crippen MR) is 123 cm³/mol. The van der Waals surface area contributed by atoms with Crippen molar-refractivity contribution in [1.82, 2.24) is 14.9 Å². The minimum absolute atomic E-state index is 0.0587. The third kappa shape index (κ3) is 4.64. The van der Waals surface area contributed by atoms with Gasteiger partial charge in [0.25, 0.3) is 5.91 Å². The number of carbonyl (C=O) groups is 1. The summed E-state index contributed by atoms with van der Waals surface area (Å²) < 4.78 is 7.71. The lowest BCUT2D eigenvalue weighted by Gasteiger charge is -2.29. The van der Waals surface area contributed by atoms with Gasteiger partial charge in [-0.25, -0.2) is 0 Å². The van der Waals surface area contributed by atoms with E-state index in [2.05, 4.69) is 64.8 Å². The van der Waals surface area contributed by atoms with Gasteiger partial charge in [-0.1, -0.05) is 35.9 Å². The van der Waals surface area contributed by atoms with E-state index in [4.69, 9.17) is 4.74 Å². The van der Waals surface area contributed by atoms with Gasteiger partial charge in [0.2, 0.25) is 0 Å². The lowest BCUT2D eigenvalue weighted by atomic mass is 10.1. The van der Waals surface area contributed by atoms with E-state index in [-0.39, 0.29) is 5.91 Å². The zero-order valence-corrected chi connectivity index (χ0v) is 18.5. The average Bonchev–Trinajstić information content (AvgIpc) is 3.03. The topological polar surface area (TPSA) is 59.4 Å². The smallest absolute Gasteiger partial charge is 0.268 e. The summed E-state index contributed by atoms with van der Waals surface area (Å²) in [5.41, 5.74) is 7.41. The molecule has 1 aliphatic rings. The summed E-state index contributed by atoms with van der Waals surface area (Å²) in [6, 6.07) is 12.3. The van der Waals surface area contributed by atoms with Crippen LogP contribution in [0.25, 0.3) is 0 Å². The van der Waals surface area contributed by atoms with Crippen molar-refractivity contribution >= 4 is 11.6 Å². The highest BCUT2D eigenvalue weighted by atomic mass is 16.5. The number of nitrogens with one attached hydrogen (secondary N) is 1. The van der Waals surface area contributed by atoms with Crippen LogP contribution in [0.3, 0.4) is 0 Å². The van der Waals surface area contributed by atoms with Crippen LogP contribution in [0.4, 0.5) is 5.69 Å². The lowest BCUT2D eigenvalue weighted by Crippen LogP contribution is -2.36. The molecule has 0 spiro atoms. The number of amides is 1. The minimum Gasteiger partial charge on any atom is -0.378 e. The lowest BCUT2D eigenvalue weighted by molar-refractivity contribution is 0.0941. The summed E-state index contributed by atoms with van der Waals surface area (Å²) in [6.07, 6.45) is 3.52. The molecule has 0 unspecified atom stereocenters. The first-order valence-corrected chi connectivity index (χ1v) is 10.8. The molecule has 162 valence electrons.